The fraction of sp³-hybridized carbons (Fsp3) is 0.583. The first-order valence-corrected chi connectivity index (χ1v) is 6.05. The van der Waals surface area contributed by atoms with Crippen LogP contribution in [0.1, 0.15) is 26.0 Å². The smallest absolute Gasteiger partial charge is 0.315 e. The average Bonchev–Trinajstić information content (AvgIpc) is 2.61. The highest BCUT2D eigenvalue weighted by atomic mass is 16.4. The lowest BCUT2D eigenvalue weighted by atomic mass is 10.0. The highest BCUT2D eigenvalue weighted by Gasteiger charge is 2.23. The lowest BCUT2D eigenvalue weighted by molar-refractivity contribution is -0.138. The number of hydrogen-bond donors (Lipinski definition) is 3. The second-order valence-electron chi connectivity index (χ2n) is 5.03. The standard InChI is InChI=1S/C12H20N4O3/c1-12(2,8-10(17)18)15-11(19)13-6-4-9-5-7-14-16(9)3/h5,7H,4,6,8H2,1-3H3,(H,17,18)(H2,13,15,19). The summed E-state index contributed by atoms with van der Waals surface area (Å²) >= 11 is 0. The van der Waals surface area contributed by atoms with E-state index in [9.17, 15) is 9.59 Å². The summed E-state index contributed by atoms with van der Waals surface area (Å²) < 4.78 is 1.74. The maximum Gasteiger partial charge on any atom is 0.315 e. The van der Waals surface area contributed by atoms with Gasteiger partial charge in [-0.2, -0.15) is 5.10 Å². The van der Waals surface area contributed by atoms with Crippen molar-refractivity contribution in [3.05, 3.63) is 18.0 Å². The maximum absolute atomic E-state index is 11.6. The Morgan fingerprint density at radius 3 is 2.68 bits per heavy atom. The van der Waals surface area contributed by atoms with Gasteiger partial charge in [0.15, 0.2) is 0 Å². The Hall–Kier alpha value is -2.05. The van der Waals surface area contributed by atoms with Gasteiger partial charge in [0.05, 0.1) is 6.42 Å². The third-order valence-electron chi connectivity index (χ3n) is 2.63. The maximum atomic E-state index is 11.6. The summed E-state index contributed by atoms with van der Waals surface area (Å²) in [5, 5.41) is 18.1. The van der Waals surface area contributed by atoms with Gasteiger partial charge in [0, 0.05) is 37.4 Å². The lowest BCUT2D eigenvalue weighted by Gasteiger charge is -2.24. The van der Waals surface area contributed by atoms with Crippen molar-refractivity contribution in [3.8, 4) is 0 Å². The Bertz CT molecular complexity index is 454. The molecule has 1 heterocycles. The molecule has 0 bridgehead atoms. The molecule has 1 rings (SSSR count). The first kappa shape index (κ1) is 15.0. The molecule has 0 unspecified atom stereocenters. The molecule has 0 aliphatic rings. The molecule has 0 fully saturated rings. The minimum Gasteiger partial charge on any atom is -0.481 e. The van der Waals surface area contributed by atoms with Crippen LogP contribution in [0.15, 0.2) is 12.3 Å². The minimum absolute atomic E-state index is 0.123. The molecular weight excluding hydrogens is 248 g/mol. The van der Waals surface area contributed by atoms with E-state index in [1.165, 1.54) is 0 Å². The van der Waals surface area contributed by atoms with E-state index in [-0.39, 0.29) is 12.5 Å². The van der Waals surface area contributed by atoms with Crippen LogP contribution in [0, 0.1) is 0 Å². The van der Waals surface area contributed by atoms with Crippen LogP contribution in [0.25, 0.3) is 0 Å². The van der Waals surface area contributed by atoms with E-state index in [0.29, 0.717) is 13.0 Å². The van der Waals surface area contributed by atoms with Crippen LogP contribution in [0.5, 0.6) is 0 Å². The Balaban J connectivity index is 2.32. The molecule has 0 saturated carbocycles. The molecule has 3 N–H and O–H groups in total. The predicted molar refractivity (Wildman–Crippen MR) is 69.8 cm³/mol. The van der Waals surface area contributed by atoms with Gasteiger partial charge in [0.1, 0.15) is 0 Å². The van der Waals surface area contributed by atoms with E-state index >= 15 is 0 Å². The van der Waals surface area contributed by atoms with Gasteiger partial charge in [-0.15, -0.1) is 0 Å². The molecule has 0 aliphatic heterocycles. The number of carboxylic acid groups (broad SMARTS) is 1. The van der Waals surface area contributed by atoms with Crippen LogP contribution in [0.2, 0.25) is 0 Å². The second kappa shape index (κ2) is 6.21. The summed E-state index contributed by atoms with van der Waals surface area (Å²) in [6, 6.07) is 1.52. The highest BCUT2D eigenvalue weighted by Crippen LogP contribution is 2.07. The number of amides is 2. The number of urea groups is 1. The summed E-state index contributed by atoms with van der Waals surface area (Å²) in [5.74, 6) is -0.944. The number of aliphatic carboxylic acids is 1. The average molecular weight is 268 g/mol. The van der Waals surface area contributed by atoms with E-state index in [2.05, 4.69) is 15.7 Å². The van der Waals surface area contributed by atoms with E-state index in [0.717, 1.165) is 5.69 Å². The summed E-state index contributed by atoms with van der Waals surface area (Å²) in [7, 11) is 1.84. The molecule has 106 valence electrons. The van der Waals surface area contributed by atoms with Crippen LogP contribution >= 0.6 is 0 Å². The number of aromatic nitrogens is 2. The number of aryl methyl sites for hydroxylation is 1. The number of rotatable bonds is 6. The van der Waals surface area contributed by atoms with Crippen molar-refractivity contribution >= 4 is 12.0 Å². The molecule has 7 nitrogen and oxygen atoms in total. The third kappa shape index (κ3) is 5.41. The molecule has 7 heteroatoms. The summed E-state index contributed by atoms with van der Waals surface area (Å²) in [6.07, 6.45) is 2.25. The van der Waals surface area contributed by atoms with Crippen LogP contribution in [-0.4, -0.2) is 39.0 Å². The van der Waals surface area contributed by atoms with Gasteiger partial charge in [-0.25, -0.2) is 4.79 Å². The van der Waals surface area contributed by atoms with Gasteiger partial charge >= 0.3 is 12.0 Å². The fourth-order valence-corrected chi connectivity index (χ4v) is 1.72. The van der Waals surface area contributed by atoms with Gasteiger partial charge < -0.3 is 15.7 Å². The zero-order valence-corrected chi connectivity index (χ0v) is 11.4. The van der Waals surface area contributed by atoms with E-state index < -0.39 is 11.5 Å². The van der Waals surface area contributed by atoms with Crippen molar-refractivity contribution in [3.63, 3.8) is 0 Å². The molecule has 2 amide bonds. The van der Waals surface area contributed by atoms with Gasteiger partial charge in [-0.1, -0.05) is 0 Å². The number of hydrogen-bond acceptors (Lipinski definition) is 3. The van der Waals surface area contributed by atoms with Gasteiger partial charge in [0.2, 0.25) is 0 Å². The topological polar surface area (TPSA) is 96.3 Å². The molecular formula is C12H20N4O3. The molecule has 0 saturated heterocycles. The number of nitrogens with one attached hydrogen (secondary N) is 2. The van der Waals surface area contributed by atoms with Crippen molar-refractivity contribution in [1.29, 1.82) is 0 Å². The van der Waals surface area contributed by atoms with Crippen LogP contribution in [0.3, 0.4) is 0 Å². The monoisotopic (exact) mass is 268 g/mol. The number of nitrogens with zero attached hydrogens (tertiary/aromatic N) is 2. The molecule has 0 aromatic carbocycles. The van der Waals surface area contributed by atoms with Crippen LogP contribution < -0.4 is 10.6 Å². The van der Waals surface area contributed by atoms with Crippen molar-refractivity contribution in [2.45, 2.75) is 32.2 Å². The molecule has 0 radical (unpaired) electrons. The van der Waals surface area contributed by atoms with Crippen molar-refractivity contribution in [1.82, 2.24) is 20.4 Å². The van der Waals surface area contributed by atoms with Crippen LogP contribution in [0.4, 0.5) is 4.79 Å². The Morgan fingerprint density at radius 2 is 2.16 bits per heavy atom. The third-order valence-corrected chi connectivity index (χ3v) is 2.63. The number of carboxylic acids is 1. The van der Waals surface area contributed by atoms with Crippen molar-refractivity contribution in [2.24, 2.45) is 7.05 Å². The first-order chi connectivity index (χ1) is 8.80. The SMILES string of the molecule is Cn1nccc1CCNC(=O)NC(C)(C)CC(=O)O. The fourth-order valence-electron chi connectivity index (χ4n) is 1.72. The largest absolute Gasteiger partial charge is 0.481 e. The highest BCUT2D eigenvalue weighted by molar-refractivity contribution is 5.76. The van der Waals surface area contributed by atoms with E-state index in [1.807, 2.05) is 13.1 Å². The van der Waals surface area contributed by atoms with E-state index in [4.69, 9.17) is 5.11 Å². The summed E-state index contributed by atoms with van der Waals surface area (Å²) in [6.45, 7) is 3.80. The van der Waals surface area contributed by atoms with Gasteiger partial charge in [0.25, 0.3) is 0 Å². The normalized spacial score (nSPS) is 11.1. The molecule has 0 spiro atoms. The zero-order chi connectivity index (χ0) is 14.5. The van der Waals surface area contributed by atoms with Crippen molar-refractivity contribution < 1.29 is 14.7 Å². The predicted octanol–water partition coefficient (Wildman–Crippen LogP) is 0.515. The Morgan fingerprint density at radius 1 is 1.47 bits per heavy atom. The van der Waals surface area contributed by atoms with E-state index in [1.54, 1.807) is 24.7 Å². The lowest BCUT2D eigenvalue weighted by Crippen LogP contribution is -2.49. The summed E-state index contributed by atoms with van der Waals surface area (Å²) in [4.78, 5) is 22.2. The number of carbonyl (C=O) groups is 2. The van der Waals surface area contributed by atoms with Crippen LogP contribution in [-0.2, 0) is 18.3 Å². The quantitative estimate of drug-likeness (QED) is 0.700. The Labute approximate surface area is 112 Å². The Kier molecular flexibility index (Phi) is 4.91. The number of carbonyl (C=O) groups excluding carboxylic acids is 1. The summed E-state index contributed by atoms with van der Waals surface area (Å²) in [5.41, 5.74) is 0.243. The zero-order valence-electron chi connectivity index (χ0n) is 11.4. The second-order valence-corrected chi connectivity index (χ2v) is 5.03. The van der Waals surface area contributed by atoms with Gasteiger partial charge in [-0.05, 0) is 19.9 Å². The van der Waals surface area contributed by atoms with Crippen molar-refractivity contribution in [2.75, 3.05) is 6.54 Å². The minimum atomic E-state index is -0.944. The molecule has 1 aromatic heterocycles. The molecule has 1 aromatic rings. The first-order valence-electron chi connectivity index (χ1n) is 6.05. The molecule has 0 atom stereocenters. The molecule has 19 heavy (non-hydrogen) atoms. The van der Waals surface area contributed by atoms with Gasteiger partial charge in [-0.3, -0.25) is 9.48 Å². The molecule has 0 aliphatic carbocycles.